The van der Waals surface area contributed by atoms with Crippen molar-refractivity contribution in [3.8, 4) is 17.6 Å². The molecule has 6 rings (SSSR count). The largest absolute Gasteiger partial charge is 0.495 e. The third-order valence-electron chi connectivity index (χ3n) is 8.46. The minimum atomic E-state index is -4.19. The van der Waals surface area contributed by atoms with Crippen LogP contribution in [0.1, 0.15) is 30.0 Å². The average Bonchev–Trinajstić information content (AvgIpc) is 3.22. The molecule has 0 bridgehead atoms. The van der Waals surface area contributed by atoms with Crippen molar-refractivity contribution >= 4 is 21.4 Å². The standard InChI is InChI=1S/C33H33FN6O4S/c1-3-44-31-20-25(34)6-8-28(31)33(39-16-4-15-38(17-18-39)26-11-13-36-14-12-26)23-40(30-9-5-24(21-35)19-29(30)33)45(41,42)32-10-7-27(43-2)22-37-32/h5-14,19-20,22H,3-4,15-18,23H2,1-2H3. The fourth-order valence-corrected chi connectivity index (χ4v) is 7.82. The van der Waals surface area contributed by atoms with E-state index in [0.29, 0.717) is 53.5 Å². The Morgan fingerprint density at radius 2 is 1.82 bits per heavy atom. The van der Waals surface area contributed by atoms with Gasteiger partial charge in [-0.2, -0.15) is 13.7 Å². The summed E-state index contributed by atoms with van der Waals surface area (Å²) in [6, 6.07) is 18.6. The van der Waals surface area contributed by atoms with Gasteiger partial charge < -0.3 is 14.4 Å². The van der Waals surface area contributed by atoms with Crippen LogP contribution in [0.15, 0.2) is 84.3 Å². The summed E-state index contributed by atoms with van der Waals surface area (Å²) < 4.78 is 56.0. The van der Waals surface area contributed by atoms with Crippen molar-refractivity contribution in [3.63, 3.8) is 0 Å². The van der Waals surface area contributed by atoms with Crippen molar-refractivity contribution < 1.29 is 22.3 Å². The Morgan fingerprint density at radius 3 is 2.53 bits per heavy atom. The molecule has 2 aliphatic rings. The number of rotatable bonds is 8. The molecule has 1 fully saturated rings. The first-order chi connectivity index (χ1) is 21.8. The van der Waals surface area contributed by atoms with Crippen molar-refractivity contribution in [2.75, 3.05) is 55.6 Å². The number of hydrogen-bond acceptors (Lipinski definition) is 9. The predicted molar refractivity (Wildman–Crippen MR) is 167 cm³/mol. The molecule has 2 aromatic heterocycles. The number of halogens is 1. The summed E-state index contributed by atoms with van der Waals surface area (Å²) in [5.41, 5.74) is 1.99. The number of fused-ring (bicyclic) bond motifs is 1. The van der Waals surface area contributed by atoms with Crippen LogP contribution in [0.25, 0.3) is 0 Å². The van der Waals surface area contributed by atoms with Gasteiger partial charge in [0.2, 0.25) is 0 Å². The van der Waals surface area contributed by atoms with E-state index in [1.807, 2.05) is 19.1 Å². The van der Waals surface area contributed by atoms with Crippen LogP contribution in [-0.4, -0.2) is 69.7 Å². The minimum absolute atomic E-state index is 0.0335. The Balaban J connectivity index is 1.55. The second-order valence-electron chi connectivity index (χ2n) is 10.9. The maximum atomic E-state index is 14.7. The normalized spacial score (nSPS) is 18.6. The molecule has 0 amide bonds. The van der Waals surface area contributed by atoms with Crippen LogP contribution in [0.5, 0.6) is 11.5 Å². The molecule has 12 heteroatoms. The highest BCUT2D eigenvalue weighted by Crippen LogP contribution is 2.52. The zero-order valence-electron chi connectivity index (χ0n) is 25.1. The highest BCUT2D eigenvalue weighted by Gasteiger charge is 2.53. The molecule has 4 aromatic rings. The summed E-state index contributed by atoms with van der Waals surface area (Å²) in [4.78, 5) is 12.9. The van der Waals surface area contributed by atoms with E-state index in [0.717, 1.165) is 18.7 Å². The van der Waals surface area contributed by atoms with E-state index in [2.05, 4.69) is 25.8 Å². The molecule has 1 unspecified atom stereocenters. The number of ether oxygens (including phenoxy) is 2. The van der Waals surface area contributed by atoms with E-state index in [1.54, 1.807) is 42.7 Å². The van der Waals surface area contributed by atoms with E-state index >= 15 is 0 Å². The Kier molecular flexibility index (Phi) is 8.31. The first-order valence-corrected chi connectivity index (χ1v) is 16.2. The van der Waals surface area contributed by atoms with E-state index in [9.17, 15) is 18.1 Å². The summed E-state index contributed by atoms with van der Waals surface area (Å²) in [5, 5.41) is 9.81. The van der Waals surface area contributed by atoms with Crippen LogP contribution in [0, 0.1) is 17.1 Å². The van der Waals surface area contributed by atoms with Crippen LogP contribution in [0.2, 0.25) is 0 Å². The van der Waals surface area contributed by atoms with Crippen molar-refractivity contribution in [2.45, 2.75) is 23.9 Å². The third kappa shape index (κ3) is 5.43. The van der Waals surface area contributed by atoms with Crippen LogP contribution in [0.3, 0.4) is 0 Å². The molecule has 2 aliphatic heterocycles. The van der Waals surface area contributed by atoms with Gasteiger partial charge in [0.25, 0.3) is 10.0 Å². The van der Waals surface area contributed by atoms with E-state index in [-0.39, 0.29) is 18.2 Å². The number of hydrogen-bond donors (Lipinski definition) is 0. The highest BCUT2D eigenvalue weighted by atomic mass is 32.2. The molecule has 45 heavy (non-hydrogen) atoms. The SMILES string of the molecule is CCOc1cc(F)ccc1C1(N2CCCN(c3ccncc3)CC2)CN(S(=O)(=O)c2ccc(OC)cn2)c2ccc(C#N)cc21. The van der Waals surface area contributed by atoms with Crippen molar-refractivity contribution in [2.24, 2.45) is 0 Å². The van der Waals surface area contributed by atoms with Gasteiger partial charge in [0, 0.05) is 61.5 Å². The van der Waals surface area contributed by atoms with Gasteiger partial charge in [0.15, 0.2) is 5.03 Å². The van der Waals surface area contributed by atoms with Gasteiger partial charge in [-0.15, -0.1) is 0 Å². The molecule has 10 nitrogen and oxygen atoms in total. The van der Waals surface area contributed by atoms with Gasteiger partial charge in [-0.25, -0.2) is 9.37 Å². The zero-order chi connectivity index (χ0) is 31.6. The molecule has 232 valence electrons. The van der Waals surface area contributed by atoms with Gasteiger partial charge in [-0.05, 0) is 61.9 Å². The zero-order valence-corrected chi connectivity index (χ0v) is 25.9. The van der Waals surface area contributed by atoms with E-state index < -0.39 is 21.4 Å². The van der Waals surface area contributed by atoms with Gasteiger partial charge in [0.05, 0.1) is 49.3 Å². The van der Waals surface area contributed by atoms with Crippen LogP contribution in [-0.2, 0) is 15.6 Å². The smallest absolute Gasteiger partial charge is 0.281 e. The van der Waals surface area contributed by atoms with Crippen LogP contribution in [0.4, 0.5) is 15.8 Å². The number of anilines is 2. The Bertz CT molecular complexity index is 1830. The molecule has 4 heterocycles. The molecular weight excluding hydrogens is 595 g/mol. The lowest BCUT2D eigenvalue weighted by Gasteiger charge is -2.42. The maximum Gasteiger partial charge on any atom is 0.281 e. The Morgan fingerprint density at radius 1 is 1.00 bits per heavy atom. The van der Waals surface area contributed by atoms with Gasteiger partial charge >= 0.3 is 0 Å². The quantitative estimate of drug-likeness (QED) is 0.277. The van der Waals surface area contributed by atoms with Crippen LogP contribution < -0.4 is 18.7 Å². The number of nitriles is 1. The second kappa shape index (κ2) is 12.3. The Labute approximate surface area is 262 Å². The number of aromatic nitrogens is 2. The molecule has 0 aliphatic carbocycles. The summed E-state index contributed by atoms with van der Waals surface area (Å²) in [6.07, 6.45) is 5.67. The van der Waals surface area contributed by atoms with Crippen LogP contribution >= 0.6 is 0 Å². The lowest BCUT2D eigenvalue weighted by molar-refractivity contribution is 0.143. The van der Waals surface area contributed by atoms with Crippen molar-refractivity contribution in [1.29, 1.82) is 5.26 Å². The monoisotopic (exact) mass is 628 g/mol. The molecule has 1 saturated heterocycles. The van der Waals surface area contributed by atoms with E-state index in [1.165, 1.54) is 35.8 Å². The summed E-state index contributed by atoms with van der Waals surface area (Å²) >= 11 is 0. The number of pyridine rings is 2. The number of methoxy groups -OCH3 is 1. The van der Waals surface area contributed by atoms with Gasteiger partial charge in [-0.3, -0.25) is 14.2 Å². The van der Waals surface area contributed by atoms with Crippen molar-refractivity contribution in [1.82, 2.24) is 14.9 Å². The summed E-state index contributed by atoms with van der Waals surface area (Å²) in [7, 11) is -2.70. The predicted octanol–water partition coefficient (Wildman–Crippen LogP) is 4.56. The highest BCUT2D eigenvalue weighted by molar-refractivity contribution is 7.92. The third-order valence-corrected chi connectivity index (χ3v) is 10.1. The molecule has 0 radical (unpaired) electrons. The molecule has 0 N–H and O–H groups in total. The molecule has 0 spiro atoms. The first kappa shape index (κ1) is 30.3. The maximum absolute atomic E-state index is 14.7. The Hall–Kier alpha value is -4.73. The second-order valence-corrected chi connectivity index (χ2v) is 12.7. The minimum Gasteiger partial charge on any atom is -0.495 e. The van der Waals surface area contributed by atoms with Crippen molar-refractivity contribution in [3.05, 3.63) is 102 Å². The summed E-state index contributed by atoms with van der Waals surface area (Å²) in [6.45, 7) is 4.66. The first-order valence-electron chi connectivity index (χ1n) is 14.7. The fourth-order valence-electron chi connectivity index (χ4n) is 6.40. The molecular formula is C33H33FN6O4S. The lowest BCUT2D eigenvalue weighted by Crippen LogP contribution is -2.52. The molecule has 2 aromatic carbocycles. The van der Waals surface area contributed by atoms with Gasteiger partial charge in [0.1, 0.15) is 17.3 Å². The molecule has 1 atom stereocenters. The topological polar surface area (TPSA) is 112 Å². The van der Waals surface area contributed by atoms with Gasteiger partial charge in [-0.1, -0.05) is 6.07 Å². The van der Waals surface area contributed by atoms with E-state index in [4.69, 9.17) is 9.47 Å². The fraction of sp³-hybridized carbons (Fsp3) is 0.303. The lowest BCUT2D eigenvalue weighted by atomic mass is 9.81. The molecule has 0 saturated carbocycles. The number of sulfonamides is 1. The average molecular weight is 629 g/mol. The number of benzene rings is 2. The summed E-state index contributed by atoms with van der Waals surface area (Å²) in [5.74, 6) is 0.288. The number of nitrogens with zero attached hydrogens (tertiary/aromatic N) is 6.